The first kappa shape index (κ1) is 14.8. The highest BCUT2D eigenvalue weighted by atomic mass is 19.4. The van der Waals surface area contributed by atoms with Crippen LogP contribution in [0.25, 0.3) is 0 Å². The van der Waals surface area contributed by atoms with Crippen LogP contribution >= 0.6 is 0 Å². The Morgan fingerprint density at radius 3 is 2.58 bits per heavy atom. The predicted octanol–water partition coefficient (Wildman–Crippen LogP) is 0.961. The molecule has 0 unspecified atom stereocenters. The van der Waals surface area contributed by atoms with E-state index in [0.29, 0.717) is 0 Å². The minimum atomic E-state index is -5.17. The zero-order valence-corrected chi connectivity index (χ0v) is 10.0. The molecule has 1 aliphatic heterocycles. The SMILES string of the molecule is CCOC(=O)N[C@@]1(C(F)(F)F)C(=O)NC(C)=C1C#N. The fourth-order valence-corrected chi connectivity index (χ4v) is 1.67. The van der Waals surface area contributed by atoms with Crippen molar-refractivity contribution in [1.82, 2.24) is 10.6 Å². The molecule has 1 heterocycles. The number of hydrogen-bond acceptors (Lipinski definition) is 4. The average molecular weight is 277 g/mol. The van der Waals surface area contributed by atoms with Crippen LogP contribution in [0.1, 0.15) is 13.8 Å². The Hall–Kier alpha value is -2.24. The lowest BCUT2D eigenvalue weighted by molar-refractivity contribution is -0.185. The minimum Gasteiger partial charge on any atom is -0.450 e. The van der Waals surface area contributed by atoms with Crippen molar-refractivity contribution in [3.8, 4) is 6.07 Å². The molecule has 0 aromatic heterocycles. The van der Waals surface area contributed by atoms with Crippen LogP contribution in [0.3, 0.4) is 0 Å². The third-order valence-electron chi connectivity index (χ3n) is 2.49. The van der Waals surface area contributed by atoms with Crippen molar-refractivity contribution in [2.75, 3.05) is 6.61 Å². The quantitative estimate of drug-likeness (QED) is 0.786. The summed E-state index contributed by atoms with van der Waals surface area (Å²) < 4.78 is 43.8. The third kappa shape index (κ3) is 2.21. The monoisotopic (exact) mass is 277 g/mol. The molecule has 2 N–H and O–H groups in total. The Bertz CT molecular complexity index is 492. The number of allylic oxidation sites excluding steroid dienone is 1. The molecule has 9 heteroatoms. The molecular formula is C10H10F3N3O3. The molecule has 1 atom stereocenters. The topological polar surface area (TPSA) is 91.2 Å². The summed E-state index contributed by atoms with van der Waals surface area (Å²) in [5.74, 6) is -1.54. The fraction of sp³-hybridized carbons (Fsp3) is 0.500. The van der Waals surface area contributed by atoms with Gasteiger partial charge in [-0.05, 0) is 13.8 Å². The molecule has 0 aromatic rings. The van der Waals surface area contributed by atoms with Gasteiger partial charge in [0.25, 0.3) is 11.4 Å². The summed E-state index contributed by atoms with van der Waals surface area (Å²) >= 11 is 0. The van der Waals surface area contributed by atoms with Gasteiger partial charge in [0, 0.05) is 5.70 Å². The molecular weight excluding hydrogens is 267 g/mol. The molecule has 0 aliphatic carbocycles. The lowest BCUT2D eigenvalue weighted by atomic mass is 9.90. The number of nitriles is 1. The van der Waals surface area contributed by atoms with Crippen molar-refractivity contribution >= 4 is 12.0 Å². The maximum Gasteiger partial charge on any atom is 0.425 e. The second-order valence-electron chi connectivity index (χ2n) is 3.66. The van der Waals surface area contributed by atoms with Gasteiger partial charge < -0.3 is 10.1 Å². The van der Waals surface area contributed by atoms with E-state index in [1.807, 2.05) is 5.32 Å². The molecule has 2 amide bonds. The largest absolute Gasteiger partial charge is 0.450 e. The van der Waals surface area contributed by atoms with Gasteiger partial charge in [-0.15, -0.1) is 0 Å². The number of nitrogens with zero attached hydrogens (tertiary/aromatic N) is 1. The van der Waals surface area contributed by atoms with Gasteiger partial charge in [-0.25, -0.2) is 4.79 Å². The van der Waals surface area contributed by atoms with Crippen LogP contribution in [0.4, 0.5) is 18.0 Å². The molecule has 6 nitrogen and oxygen atoms in total. The maximum atomic E-state index is 13.2. The van der Waals surface area contributed by atoms with Crippen molar-refractivity contribution in [1.29, 1.82) is 5.26 Å². The number of carbonyl (C=O) groups is 2. The Morgan fingerprint density at radius 1 is 1.58 bits per heavy atom. The van der Waals surface area contributed by atoms with Gasteiger partial charge in [0.05, 0.1) is 18.2 Å². The Kier molecular flexibility index (Phi) is 3.74. The number of amides is 2. The summed E-state index contributed by atoms with van der Waals surface area (Å²) in [6.07, 6.45) is -6.61. The zero-order chi connectivity index (χ0) is 14.8. The lowest BCUT2D eigenvalue weighted by Gasteiger charge is -2.29. The maximum absolute atomic E-state index is 13.2. The Labute approximate surface area is 106 Å². The molecule has 0 fully saturated rings. The summed E-state index contributed by atoms with van der Waals surface area (Å²) in [7, 11) is 0. The average Bonchev–Trinajstić information content (AvgIpc) is 2.50. The minimum absolute atomic E-state index is 0.175. The van der Waals surface area contributed by atoms with E-state index in [1.165, 1.54) is 18.3 Å². The van der Waals surface area contributed by atoms with E-state index in [9.17, 15) is 22.8 Å². The van der Waals surface area contributed by atoms with Crippen LogP contribution in [0.5, 0.6) is 0 Å². The second-order valence-corrected chi connectivity index (χ2v) is 3.66. The van der Waals surface area contributed by atoms with E-state index in [0.717, 1.165) is 6.92 Å². The van der Waals surface area contributed by atoms with Gasteiger partial charge in [-0.2, -0.15) is 18.4 Å². The highest BCUT2D eigenvalue weighted by Crippen LogP contribution is 2.40. The number of halogens is 3. The van der Waals surface area contributed by atoms with Crippen LogP contribution in [0.2, 0.25) is 0 Å². The second kappa shape index (κ2) is 4.79. The van der Waals surface area contributed by atoms with Gasteiger partial charge in [0.15, 0.2) is 0 Å². The highest BCUT2D eigenvalue weighted by molar-refractivity contribution is 5.99. The van der Waals surface area contributed by atoms with Crippen LogP contribution in [-0.4, -0.2) is 30.3 Å². The number of ether oxygens (including phenoxy) is 1. The van der Waals surface area contributed by atoms with Gasteiger partial charge in [-0.1, -0.05) is 0 Å². The van der Waals surface area contributed by atoms with Crippen molar-refractivity contribution in [3.05, 3.63) is 11.3 Å². The normalized spacial score (nSPS) is 22.8. The molecule has 0 aromatic carbocycles. The number of alkyl carbamates (subject to hydrolysis) is 1. The van der Waals surface area contributed by atoms with Gasteiger partial charge in [-0.3, -0.25) is 10.1 Å². The smallest absolute Gasteiger partial charge is 0.425 e. The molecule has 0 saturated heterocycles. The van der Waals surface area contributed by atoms with E-state index in [-0.39, 0.29) is 12.3 Å². The van der Waals surface area contributed by atoms with Crippen LogP contribution in [-0.2, 0) is 9.53 Å². The van der Waals surface area contributed by atoms with E-state index in [1.54, 1.807) is 0 Å². The Morgan fingerprint density at radius 2 is 2.16 bits per heavy atom. The van der Waals surface area contributed by atoms with Crippen molar-refractivity contribution in [2.24, 2.45) is 0 Å². The molecule has 0 saturated carbocycles. The first-order chi connectivity index (χ1) is 8.70. The van der Waals surface area contributed by atoms with E-state index in [2.05, 4.69) is 4.74 Å². The number of nitrogens with one attached hydrogen (secondary N) is 2. The van der Waals surface area contributed by atoms with Gasteiger partial charge >= 0.3 is 12.3 Å². The van der Waals surface area contributed by atoms with E-state index < -0.39 is 29.3 Å². The van der Waals surface area contributed by atoms with Crippen LogP contribution in [0.15, 0.2) is 11.3 Å². The predicted molar refractivity (Wildman–Crippen MR) is 55.4 cm³/mol. The van der Waals surface area contributed by atoms with E-state index >= 15 is 0 Å². The number of carbonyl (C=O) groups excluding carboxylic acids is 2. The van der Waals surface area contributed by atoms with Crippen LogP contribution in [0, 0.1) is 11.3 Å². The standard InChI is InChI=1S/C10H10F3N3O3/c1-3-19-8(18)16-9(10(11,12)13)6(4-14)5(2)15-7(9)17/h3H2,1-2H3,(H,15,17)(H,16,18)/t9-/m1/s1. The van der Waals surface area contributed by atoms with Gasteiger partial charge in [0.2, 0.25) is 0 Å². The highest BCUT2D eigenvalue weighted by Gasteiger charge is 2.67. The first-order valence-electron chi connectivity index (χ1n) is 5.15. The molecule has 0 spiro atoms. The molecule has 1 rings (SSSR count). The molecule has 104 valence electrons. The molecule has 0 radical (unpaired) electrons. The van der Waals surface area contributed by atoms with Crippen LogP contribution < -0.4 is 10.6 Å². The zero-order valence-electron chi connectivity index (χ0n) is 10.0. The fourth-order valence-electron chi connectivity index (χ4n) is 1.67. The van der Waals surface area contributed by atoms with Crippen molar-refractivity contribution in [3.63, 3.8) is 0 Å². The summed E-state index contributed by atoms with van der Waals surface area (Å²) in [6, 6.07) is 1.30. The van der Waals surface area contributed by atoms with Crippen molar-refractivity contribution in [2.45, 2.75) is 25.6 Å². The first-order valence-corrected chi connectivity index (χ1v) is 5.15. The van der Waals surface area contributed by atoms with E-state index in [4.69, 9.17) is 5.26 Å². The summed E-state index contributed by atoms with van der Waals surface area (Å²) in [4.78, 5) is 22.8. The van der Waals surface area contributed by atoms with Gasteiger partial charge in [0.1, 0.15) is 0 Å². The summed E-state index contributed by atoms with van der Waals surface area (Å²) in [5.41, 5.74) is -4.57. The summed E-state index contributed by atoms with van der Waals surface area (Å²) in [6.45, 7) is 2.35. The number of alkyl halides is 3. The molecule has 0 bridgehead atoms. The lowest BCUT2D eigenvalue weighted by Crippen LogP contribution is -2.64. The summed E-state index contributed by atoms with van der Waals surface area (Å²) in [5, 5.41) is 12.1. The molecule has 19 heavy (non-hydrogen) atoms. The number of hydrogen-bond donors (Lipinski definition) is 2. The number of rotatable bonds is 2. The molecule has 1 aliphatic rings. The van der Waals surface area contributed by atoms with Crippen molar-refractivity contribution < 1.29 is 27.5 Å². The Balaban J connectivity index is 3.34. The third-order valence-corrected chi connectivity index (χ3v) is 2.49.